The summed E-state index contributed by atoms with van der Waals surface area (Å²) in [5.74, 6) is -0.279. The lowest BCUT2D eigenvalue weighted by atomic mass is 10.2. The average Bonchev–Trinajstić information content (AvgIpc) is 2.55. The first-order valence-corrected chi connectivity index (χ1v) is 9.73. The Balaban J connectivity index is 2.18. The molecule has 0 spiro atoms. The van der Waals surface area contributed by atoms with Crippen LogP contribution in [0.25, 0.3) is 0 Å². The molecule has 2 N–H and O–H groups in total. The molecule has 23 heavy (non-hydrogen) atoms. The molecular formula is C16H18N2O3S2. The first-order valence-electron chi connectivity index (χ1n) is 7.02. The van der Waals surface area contributed by atoms with E-state index in [1.807, 2.05) is 30.5 Å². The van der Waals surface area contributed by atoms with E-state index in [1.54, 1.807) is 18.7 Å². The highest BCUT2D eigenvalue weighted by atomic mass is 32.2. The summed E-state index contributed by atoms with van der Waals surface area (Å²) in [7, 11) is -3.51. The van der Waals surface area contributed by atoms with Gasteiger partial charge in [-0.05, 0) is 42.7 Å². The molecule has 2 rings (SSSR count). The third kappa shape index (κ3) is 4.34. The lowest BCUT2D eigenvalue weighted by molar-refractivity contribution is 0.102. The number of para-hydroxylation sites is 1. The largest absolute Gasteiger partial charge is 0.321 e. The molecule has 122 valence electrons. The van der Waals surface area contributed by atoms with Crippen LogP contribution in [-0.4, -0.2) is 27.1 Å². The van der Waals surface area contributed by atoms with Crippen LogP contribution in [-0.2, 0) is 10.0 Å². The van der Waals surface area contributed by atoms with E-state index in [0.29, 0.717) is 12.1 Å². The molecule has 0 aliphatic carbocycles. The summed E-state index contributed by atoms with van der Waals surface area (Å²) in [6.07, 6.45) is 1.94. The van der Waals surface area contributed by atoms with Crippen LogP contribution >= 0.6 is 11.8 Å². The van der Waals surface area contributed by atoms with Gasteiger partial charge in [-0.15, -0.1) is 11.8 Å². The van der Waals surface area contributed by atoms with Crippen molar-refractivity contribution >= 4 is 33.4 Å². The van der Waals surface area contributed by atoms with Gasteiger partial charge in [-0.3, -0.25) is 4.79 Å². The first-order chi connectivity index (χ1) is 11.0. The number of hydrogen-bond acceptors (Lipinski definition) is 4. The fourth-order valence-corrected chi connectivity index (χ4v) is 3.60. The Kier molecular flexibility index (Phi) is 5.81. The van der Waals surface area contributed by atoms with Crippen LogP contribution in [0, 0.1) is 0 Å². The van der Waals surface area contributed by atoms with Gasteiger partial charge in [-0.1, -0.05) is 19.1 Å². The molecule has 0 aliphatic heterocycles. The summed E-state index contributed by atoms with van der Waals surface area (Å²) in [6.45, 7) is 2.03. The molecule has 7 heteroatoms. The van der Waals surface area contributed by atoms with Crippen molar-refractivity contribution < 1.29 is 13.2 Å². The van der Waals surface area contributed by atoms with Crippen LogP contribution in [0.2, 0.25) is 0 Å². The maximum atomic E-state index is 12.3. The Labute approximate surface area is 140 Å². The smallest absolute Gasteiger partial charge is 0.255 e. The highest BCUT2D eigenvalue weighted by Crippen LogP contribution is 2.25. The molecule has 0 fully saturated rings. The Morgan fingerprint density at radius 1 is 1.09 bits per heavy atom. The maximum Gasteiger partial charge on any atom is 0.255 e. The van der Waals surface area contributed by atoms with Crippen molar-refractivity contribution in [3.8, 4) is 0 Å². The molecule has 5 nitrogen and oxygen atoms in total. The van der Waals surface area contributed by atoms with Gasteiger partial charge in [-0.25, -0.2) is 13.1 Å². The van der Waals surface area contributed by atoms with Crippen LogP contribution < -0.4 is 10.0 Å². The van der Waals surface area contributed by atoms with Crippen molar-refractivity contribution in [2.24, 2.45) is 0 Å². The summed E-state index contributed by atoms with van der Waals surface area (Å²) >= 11 is 1.54. The van der Waals surface area contributed by atoms with Crippen molar-refractivity contribution in [2.75, 3.05) is 18.1 Å². The Hall–Kier alpha value is -1.83. The molecule has 0 radical (unpaired) electrons. The molecule has 2 aromatic rings. The summed E-state index contributed by atoms with van der Waals surface area (Å²) in [6, 6.07) is 13.4. The molecule has 1 amide bonds. The van der Waals surface area contributed by atoms with E-state index in [2.05, 4.69) is 10.0 Å². The van der Waals surface area contributed by atoms with Crippen LogP contribution in [0.3, 0.4) is 0 Å². The predicted molar refractivity (Wildman–Crippen MR) is 93.5 cm³/mol. The number of thioether (sulfide) groups is 1. The van der Waals surface area contributed by atoms with E-state index in [0.717, 1.165) is 10.6 Å². The molecule has 0 bridgehead atoms. The fourth-order valence-electron chi connectivity index (χ4n) is 2.00. The van der Waals surface area contributed by atoms with Gasteiger partial charge in [0.1, 0.15) is 0 Å². The van der Waals surface area contributed by atoms with Gasteiger partial charge >= 0.3 is 0 Å². The minimum absolute atomic E-state index is 0.139. The van der Waals surface area contributed by atoms with Crippen LogP contribution in [0.15, 0.2) is 58.3 Å². The fraction of sp³-hybridized carbons (Fsp3) is 0.188. The third-order valence-electron chi connectivity index (χ3n) is 3.12. The number of nitrogens with one attached hydrogen (secondary N) is 2. The van der Waals surface area contributed by atoms with Gasteiger partial charge in [0.25, 0.3) is 5.91 Å². The molecule has 0 atom stereocenters. The zero-order valence-corrected chi connectivity index (χ0v) is 14.5. The summed E-state index contributed by atoms with van der Waals surface area (Å²) in [5, 5.41) is 2.84. The monoisotopic (exact) mass is 350 g/mol. The quantitative estimate of drug-likeness (QED) is 0.786. The zero-order chi connectivity index (χ0) is 16.9. The molecule has 0 saturated heterocycles. The standard InChI is InChI=1S/C16H18N2O3S2/c1-3-17-23(20,21)13-10-8-12(9-11-13)16(19)18-14-6-4-5-7-15(14)22-2/h4-11,17H,3H2,1-2H3,(H,18,19). The maximum absolute atomic E-state index is 12.3. The van der Waals surface area contributed by atoms with Crippen LogP contribution in [0.4, 0.5) is 5.69 Å². The molecule has 0 unspecified atom stereocenters. The van der Waals surface area contributed by atoms with Crippen molar-refractivity contribution in [2.45, 2.75) is 16.7 Å². The highest BCUT2D eigenvalue weighted by Gasteiger charge is 2.14. The number of amides is 1. The van der Waals surface area contributed by atoms with Gasteiger partial charge in [0, 0.05) is 17.0 Å². The lowest BCUT2D eigenvalue weighted by Gasteiger charge is -2.10. The van der Waals surface area contributed by atoms with E-state index in [4.69, 9.17) is 0 Å². The summed E-state index contributed by atoms with van der Waals surface area (Å²) in [4.78, 5) is 13.4. The van der Waals surface area contributed by atoms with Gasteiger partial charge in [0.05, 0.1) is 10.6 Å². The number of hydrogen-bond donors (Lipinski definition) is 2. The predicted octanol–water partition coefficient (Wildman–Crippen LogP) is 2.96. The number of sulfonamides is 1. The Morgan fingerprint density at radius 3 is 2.35 bits per heavy atom. The average molecular weight is 350 g/mol. The molecule has 0 aromatic heterocycles. The second kappa shape index (κ2) is 7.63. The number of rotatable bonds is 6. The van der Waals surface area contributed by atoms with Gasteiger partial charge in [0.2, 0.25) is 10.0 Å². The highest BCUT2D eigenvalue weighted by molar-refractivity contribution is 7.98. The van der Waals surface area contributed by atoms with E-state index in [9.17, 15) is 13.2 Å². The first kappa shape index (κ1) is 17.5. The number of benzene rings is 2. The van der Waals surface area contributed by atoms with E-state index < -0.39 is 10.0 Å². The van der Waals surface area contributed by atoms with Crippen LogP contribution in [0.5, 0.6) is 0 Å². The minimum atomic E-state index is -3.51. The molecule has 0 aliphatic rings. The van der Waals surface area contributed by atoms with Gasteiger partial charge in [0.15, 0.2) is 0 Å². The molecular weight excluding hydrogens is 332 g/mol. The number of carbonyl (C=O) groups is 1. The summed E-state index contributed by atoms with van der Waals surface area (Å²) < 4.78 is 26.2. The molecule has 2 aromatic carbocycles. The number of anilines is 1. The van der Waals surface area contributed by atoms with E-state index in [-0.39, 0.29) is 10.8 Å². The second-order valence-electron chi connectivity index (χ2n) is 4.68. The normalized spacial score (nSPS) is 11.2. The second-order valence-corrected chi connectivity index (χ2v) is 7.30. The third-order valence-corrected chi connectivity index (χ3v) is 5.47. The van der Waals surface area contributed by atoms with E-state index >= 15 is 0 Å². The number of carbonyl (C=O) groups excluding carboxylic acids is 1. The van der Waals surface area contributed by atoms with Crippen molar-refractivity contribution in [1.29, 1.82) is 0 Å². The van der Waals surface area contributed by atoms with Crippen molar-refractivity contribution in [1.82, 2.24) is 4.72 Å². The van der Waals surface area contributed by atoms with E-state index in [1.165, 1.54) is 24.3 Å². The molecule has 0 saturated carbocycles. The minimum Gasteiger partial charge on any atom is -0.321 e. The van der Waals surface area contributed by atoms with Crippen LogP contribution in [0.1, 0.15) is 17.3 Å². The van der Waals surface area contributed by atoms with Crippen molar-refractivity contribution in [3.05, 3.63) is 54.1 Å². The van der Waals surface area contributed by atoms with Gasteiger partial charge < -0.3 is 5.32 Å². The molecule has 0 heterocycles. The summed E-state index contributed by atoms with van der Waals surface area (Å²) in [5.41, 5.74) is 1.13. The SMILES string of the molecule is CCNS(=O)(=O)c1ccc(C(=O)Nc2ccccc2SC)cc1. The van der Waals surface area contributed by atoms with Crippen molar-refractivity contribution in [3.63, 3.8) is 0 Å². The zero-order valence-electron chi connectivity index (χ0n) is 12.9. The van der Waals surface area contributed by atoms with Gasteiger partial charge in [-0.2, -0.15) is 0 Å². The Bertz CT molecular complexity index is 787. The lowest BCUT2D eigenvalue weighted by Crippen LogP contribution is -2.23. The topological polar surface area (TPSA) is 75.3 Å². The Morgan fingerprint density at radius 2 is 1.74 bits per heavy atom.